The van der Waals surface area contributed by atoms with Crippen molar-refractivity contribution < 1.29 is 0 Å². The van der Waals surface area contributed by atoms with Crippen LogP contribution in [0, 0.1) is 0 Å². The zero-order chi connectivity index (χ0) is 4.24. The first-order valence-corrected chi connectivity index (χ1v) is 2.75. The second kappa shape index (κ2) is 2.03. The summed E-state index contributed by atoms with van der Waals surface area (Å²) in [5, 5.41) is 0. The Morgan fingerprint density at radius 1 is 1.67 bits per heavy atom. The van der Waals surface area contributed by atoms with Crippen molar-refractivity contribution in [3.8, 4) is 0 Å². The van der Waals surface area contributed by atoms with Crippen LogP contribution in [-0.2, 0) is 0 Å². The van der Waals surface area contributed by atoms with E-state index in [4.69, 9.17) is 0 Å². The Labute approximate surface area is 41.3 Å². The van der Waals surface area contributed by atoms with Gasteiger partial charge in [-0.25, -0.2) is 4.40 Å². The lowest BCUT2D eigenvalue weighted by molar-refractivity contribution is 1.73. The van der Waals surface area contributed by atoms with Gasteiger partial charge in [0.1, 0.15) is 0 Å². The molecule has 1 nitrogen and oxygen atoms in total. The second-order valence-corrected chi connectivity index (χ2v) is 1.78. The highest BCUT2D eigenvalue weighted by Gasteiger charge is 1.78. The summed E-state index contributed by atoms with van der Waals surface area (Å²) in [4.78, 5) is 0. The van der Waals surface area contributed by atoms with Crippen LogP contribution in [0.4, 0.5) is 0 Å². The molecule has 0 bridgehead atoms. The van der Waals surface area contributed by atoms with E-state index >= 15 is 0 Å². The van der Waals surface area contributed by atoms with Gasteiger partial charge < -0.3 is 0 Å². The van der Waals surface area contributed by atoms with Gasteiger partial charge in [0.25, 0.3) is 0 Å². The minimum atomic E-state index is 1.04. The third-order valence-corrected chi connectivity index (χ3v) is 1.14. The minimum Gasteiger partial charge on any atom is -0.224 e. The van der Waals surface area contributed by atoms with Crippen LogP contribution >= 0.6 is 11.9 Å². The Morgan fingerprint density at radius 3 is 2.83 bits per heavy atom. The predicted molar refractivity (Wildman–Crippen MR) is 30.1 cm³/mol. The fourth-order valence-electron chi connectivity index (χ4n) is 0.281. The van der Waals surface area contributed by atoms with Crippen LogP contribution in [0.15, 0.2) is 16.5 Å². The molecule has 0 aliphatic carbocycles. The van der Waals surface area contributed by atoms with Gasteiger partial charge in [-0.15, -0.1) is 0 Å². The fourth-order valence-corrected chi connectivity index (χ4v) is 0.720. The summed E-state index contributed by atoms with van der Waals surface area (Å²) in [6.45, 7) is 0. The molecule has 0 fully saturated rings. The topological polar surface area (TPSA) is 12.4 Å². The Kier molecular flexibility index (Phi) is 1.33. The van der Waals surface area contributed by atoms with Gasteiger partial charge in [0.2, 0.25) is 0 Å². The lowest BCUT2D eigenvalue weighted by Crippen LogP contribution is -1.73. The normalized spacial score (nSPS) is 18.7. The highest BCUT2D eigenvalue weighted by molar-refractivity contribution is 7.98. The molecule has 0 saturated carbocycles. The number of nitrogens with zero attached hydrogens (tertiary/aromatic N) is 1. The van der Waals surface area contributed by atoms with Crippen molar-refractivity contribution in [3.05, 3.63) is 12.2 Å². The largest absolute Gasteiger partial charge is 0.224 e. The van der Waals surface area contributed by atoms with Crippen molar-refractivity contribution in [3.63, 3.8) is 0 Å². The molecule has 0 aromatic rings. The predicted octanol–water partition coefficient (Wildman–Crippen LogP) is 1.28. The van der Waals surface area contributed by atoms with E-state index in [-0.39, 0.29) is 0 Å². The Hall–Kier alpha value is -0.240. The fraction of sp³-hybridized carbons (Fsp3) is 0.250. The molecule has 2 heteroatoms. The van der Waals surface area contributed by atoms with E-state index in [1.54, 1.807) is 18.2 Å². The summed E-state index contributed by atoms with van der Waals surface area (Å²) in [5.41, 5.74) is 0. The Morgan fingerprint density at radius 2 is 2.67 bits per heavy atom. The molecule has 0 N–H and O–H groups in total. The minimum absolute atomic E-state index is 1.04. The van der Waals surface area contributed by atoms with Crippen LogP contribution in [0.1, 0.15) is 0 Å². The number of rotatable bonds is 0. The highest BCUT2D eigenvalue weighted by Crippen LogP contribution is 2.03. The molecule has 6 heavy (non-hydrogen) atoms. The molecule has 1 aliphatic heterocycles. The zero-order valence-corrected chi connectivity index (χ0v) is 4.11. The van der Waals surface area contributed by atoms with Gasteiger partial charge in [-0.05, 0) is 18.0 Å². The lowest BCUT2D eigenvalue weighted by atomic mass is 10.6. The van der Waals surface area contributed by atoms with Crippen LogP contribution in [0.3, 0.4) is 0 Å². The van der Waals surface area contributed by atoms with Crippen molar-refractivity contribution in [2.45, 2.75) is 0 Å². The summed E-state index contributed by atoms with van der Waals surface area (Å²) < 4.78 is 3.88. The quantitative estimate of drug-likeness (QED) is 0.417. The summed E-state index contributed by atoms with van der Waals surface area (Å²) >= 11 is 1.58. The molecule has 0 radical (unpaired) electrons. The molecule has 1 rings (SSSR count). The Bertz CT molecular complexity index is 73.5. The average Bonchev–Trinajstić information content (AvgIpc) is 1.72. The molecule has 0 aromatic heterocycles. The van der Waals surface area contributed by atoms with Crippen molar-refractivity contribution >= 4 is 18.2 Å². The number of hydrogen-bond donors (Lipinski definition) is 0. The van der Waals surface area contributed by atoms with Crippen LogP contribution in [0.5, 0.6) is 0 Å². The van der Waals surface area contributed by atoms with Gasteiger partial charge in [-0.1, -0.05) is 6.08 Å². The molecule has 0 aromatic carbocycles. The molecular weight excluding hydrogens is 94.1 g/mol. The number of hydrogen-bond acceptors (Lipinski definition) is 2. The number of allylic oxidation sites excluding steroid dienone is 1. The average molecular weight is 99.2 g/mol. The molecular formula is C4H5NS. The Balaban J connectivity index is 2.46. The molecule has 0 saturated heterocycles. The lowest BCUT2D eigenvalue weighted by Gasteiger charge is -1.87. The van der Waals surface area contributed by atoms with Crippen molar-refractivity contribution in [2.24, 2.45) is 4.40 Å². The van der Waals surface area contributed by atoms with E-state index in [0.717, 1.165) is 5.75 Å². The molecule has 1 heterocycles. The van der Waals surface area contributed by atoms with Gasteiger partial charge in [-0.3, -0.25) is 0 Å². The van der Waals surface area contributed by atoms with E-state index in [9.17, 15) is 0 Å². The van der Waals surface area contributed by atoms with E-state index in [2.05, 4.69) is 10.5 Å². The molecule has 0 amide bonds. The summed E-state index contributed by atoms with van der Waals surface area (Å²) in [7, 11) is 0. The van der Waals surface area contributed by atoms with Crippen LogP contribution in [0.2, 0.25) is 0 Å². The third-order valence-electron chi connectivity index (χ3n) is 0.528. The maximum Gasteiger partial charge on any atom is 0.0348 e. The summed E-state index contributed by atoms with van der Waals surface area (Å²) in [6.07, 6.45) is 5.84. The molecule has 0 unspecified atom stereocenters. The summed E-state index contributed by atoms with van der Waals surface area (Å²) in [5.74, 6) is 1.04. The van der Waals surface area contributed by atoms with Gasteiger partial charge in [-0.2, -0.15) is 0 Å². The van der Waals surface area contributed by atoms with E-state index in [1.165, 1.54) is 0 Å². The van der Waals surface area contributed by atoms with E-state index in [0.29, 0.717) is 0 Å². The van der Waals surface area contributed by atoms with Crippen molar-refractivity contribution in [1.29, 1.82) is 0 Å². The van der Waals surface area contributed by atoms with Crippen LogP contribution in [-0.4, -0.2) is 12.0 Å². The van der Waals surface area contributed by atoms with Crippen molar-refractivity contribution in [2.75, 3.05) is 5.75 Å². The van der Waals surface area contributed by atoms with Crippen molar-refractivity contribution in [1.82, 2.24) is 0 Å². The van der Waals surface area contributed by atoms with Gasteiger partial charge >= 0.3 is 0 Å². The van der Waals surface area contributed by atoms with E-state index in [1.807, 2.05) is 6.08 Å². The zero-order valence-electron chi connectivity index (χ0n) is 3.29. The molecule has 32 valence electrons. The first-order valence-electron chi connectivity index (χ1n) is 1.80. The molecule has 1 aliphatic rings. The monoisotopic (exact) mass is 99.0 g/mol. The van der Waals surface area contributed by atoms with E-state index < -0.39 is 0 Å². The highest BCUT2D eigenvalue weighted by atomic mass is 32.2. The van der Waals surface area contributed by atoms with Crippen LogP contribution < -0.4 is 0 Å². The van der Waals surface area contributed by atoms with Gasteiger partial charge in [0, 0.05) is 12.0 Å². The smallest absolute Gasteiger partial charge is 0.0348 e. The standard InChI is InChI=1S/C4H5NS/c1-2-4-6-5-3-1/h1-3H,4H2. The maximum absolute atomic E-state index is 3.88. The van der Waals surface area contributed by atoms with Gasteiger partial charge in [0.15, 0.2) is 0 Å². The maximum atomic E-state index is 3.88. The second-order valence-electron chi connectivity index (χ2n) is 0.978. The molecule has 0 atom stereocenters. The SMILES string of the molecule is C1=CCSN=C1. The first kappa shape index (κ1) is 3.93. The van der Waals surface area contributed by atoms with Gasteiger partial charge in [0.05, 0.1) is 0 Å². The summed E-state index contributed by atoms with van der Waals surface area (Å²) in [6, 6.07) is 0. The van der Waals surface area contributed by atoms with Crippen LogP contribution in [0.25, 0.3) is 0 Å². The first-order chi connectivity index (χ1) is 3.00. The third kappa shape index (κ3) is 0.863. The molecule has 0 spiro atoms.